The van der Waals surface area contributed by atoms with E-state index in [1.54, 1.807) is 25.1 Å². The fourth-order valence-electron chi connectivity index (χ4n) is 4.18. The fraction of sp³-hybridized carbons (Fsp3) is 0.308. The third-order valence-electron chi connectivity index (χ3n) is 6.16. The minimum atomic E-state index is -4.00. The van der Waals surface area contributed by atoms with Gasteiger partial charge in [-0.05, 0) is 69.0 Å². The first-order valence-electron chi connectivity index (χ1n) is 11.4. The van der Waals surface area contributed by atoms with E-state index >= 15 is 0 Å². The van der Waals surface area contributed by atoms with Crippen LogP contribution in [0.3, 0.4) is 0 Å². The van der Waals surface area contributed by atoms with Crippen molar-refractivity contribution >= 4 is 33.8 Å². The van der Waals surface area contributed by atoms with Crippen molar-refractivity contribution in [2.45, 2.75) is 38.5 Å². The Kier molecular flexibility index (Phi) is 7.18. The molecule has 0 saturated carbocycles. The number of nitrogens with one attached hydrogen (secondary N) is 1. The number of aromatic nitrogens is 1. The molecule has 35 heavy (non-hydrogen) atoms. The summed E-state index contributed by atoms with van der Waals surface area (Å²) in [5, 5.41) is 6.79. The average molecular weight is 498 g/mol. The largest absolute Gasteiger partial charge is 0.355 e. The maximum Gasteiger partial charge on any atom is 0.248 e. The molecule has 2 heterocycles. The zero-order valence-corrected chi connectivity index (χ0v) is 20.7. The van der Waals surface area contributed by atoms with E-state index in [0.29, 0.717) is 18.4 Å². The highest BCUT2D eigenvalue weighted by Gasteiger charge is 2.37. The number of anilines is 1. The molecule has 2 aromatic carbocycles. The van der Waals surface area contributed by atoms with Crippen molar-refractivity contribution in [3.05, 3.63) is 76.4 Å². The summed E-state index contributed by atoms with van der Waals surface area (Å²) in [5.41, 5.74) is 3.20. The second kappa shape index (κ2) is 10.1. The molecule has 0 radical (unpaired) electrons. The standard InChI is InChI=1S/C26H28FN3O4S/c1-17-10-11-18(2)23(15-17)28-26(31)21-8-6-14-30(16-21)35(32,33)25-19(3)29-34-24(25)13-12-20-7-4-5-9-22(20)27/h4-5,7,9-13,15,21H,6,8,14,16H2,1-3H3,(H,28,31)/b13-12+/t21-/m1/s1. The Balaban J connectivity index is 1.55. The number of hydrogen-bond acceptors (Lipinski definition) is 5. The summed E-state index contributed by atoms with van der Waals surface area (Å²) in [4.78, 5) is 12.9. The molecule has 1 fully saturated rings. The van der Waals surface area contributed by atoms with Gasteiger partial charge in [-0.15, -0.1) is 0 Å². The number of sulfonamides is 1. The van der Waals surface area contributed by atoms with Crippen LogP contribution < -0.4 is 5.32 Å². The van der Waals surface area contributed by atoms with E-state index in [9.17, 15) is 17.6 Å². The number of amides is 1. The van der Waals surface area contributed by atoms with Gasteiger partial charge in [0, 0.05) is 24.3 Å². The lowest BCUT2D eigenvalue weighted by atomic mass is 9.98. The van der Waals surface area contributed by atoms with Crippen molar-refractivity contribution in [2.24, 2.45) is 5.92 Å². The first-order valence-corrected chi connectivity index (χ1v) is 12.9. The molecule has 0 unspecified atom stereocenters. The minimum absolute atomic E-state index is 0.0210. The zero-order chi connectivity index (χ0) is 25.2. The minimum Gasteiger partial charge on any atom is -0.355 e. The normalized spacial score (nSPS) is 17.1. The maximum atomic E-state index is 14.0. The molecule has 1 N–H and O–H groups in total. The Morgan fingerprint density at radius 1 is 1.17 bits per heavy atom. The Bertz CT molecular complexity index is 1380. The van der Waals surface area contributed by atoms with Gasteiger partial charge in [0.15, 0.2) is 10.7 Å². The highest BCUT2D eigenvalue weighted by Crippen LogP contribution is 2.30. The molecule has 0 bridgehead atoms. The van der Waals surface area contributed by atoms with Crippen LogP contribution in [0.1, 0.15) is 41.0 Å². The van der Waals surface area contributed by atoms with E-state index in [-0.39, 0.29) is 35.3 Å². The van der Waals surface area contributed by atoms with Crippen molar-refractivity contribution in [1.82, 2.24) is 9.46 Å². The van der Waals surface area contributed by atoms with E-state index in [4.69, 9.17) is 4.52 Å². The molecular weight excluding hydrogens is 469 g/mol. The zero-order valence-electron chi connectivity index (χ0n) is 19.9. The fourth-order valence-corrected chi connectivity index (χ4v) is 5.96. The number of halogens is 1. The van der Waals surface area contributed by atoms with E-state index in [2.05, 4.69) is 10.5 Å². The summed E-state index contributed by atoms with van der Waals surface area (Å²) in [6.45, 7) is 5.75. The van der Waals surface area contributed by atoms with Crippen LogP contribution in [0.5, 0.6) is 0 Å². The van der Waals surface area contributed by atoms with Gasteiger partial charge in [-0.25, -0.2) is 12.8 Å². The summed E-state index contributed by atoms with van der Waals surface area (Å²) in [5.74, 6) is -1.11. The van der Waals surface area contributed by atoms with Gasteiger partial charge >= 0.3 is 0 Å². The molecule has 7 nitrogen and oxygen atoms in total. The van der Waals surface area contributed by atoms with Crippen molar-refractivity contribution in [2.75, 3.05) is 18.4 Å². The highest BCUT2D eigenvalue weighted by atomic mass is 32.2. The molecular formula is C26H28FN3O4S. The van der Waals surface area contributed by atoms with Crippen LogP contribution in [0.4, 0.5) is 10.1 Å². The molecule has 1 aliphatic heterocycles. The van der Waals surface area contributed by atoms with Crippen LogP contribution in [0.25, 0.3) is 12.2 Å². The maximum absolute atomic E-state index is 14.0. The third-order valence-corrected chi connectivity index (χ3v) is 8.18. The van der Waals surface area contributed by atoms with Gasteiger partial charge in [-0.1, -0.05) is 35.5 Å². The van der Waals surface area contributed by atoms with E-state index in [1.807, 2.05) is 32.0 Å². The Morgan fingerprint density at radius 3 is 2.71 bits per heavy atom. The molecule has 9 heteroatoms. The Hall–Kier alpha value is -3.30. The SMILES string of the molecule is Cc1ccc(C)c(NC(=O)[C@@H]2CCCN(S(=O)(=O)c3c(C)noc3/C=C/c3ccccc3F)C2)c1. The number of piperidine rings is 1. The van der Waals surface area contributed by atoms with Crippen LogP contribution in [0.2, 0.25) is 0 Å². The van der Waals surface area contributed by atoms with Gasteiger partial charge < -0.3 is 9.84 Å². The molecule has 3 aromatic rings. The topological polar surface area (TPSA) is 92.5 Å². The molecule has 184 valence electrons. The Morgan fingerprint density at radius 2 is 1.94 bits per heavy atom. The van der Waals surface area contributed by atoms with Gasteiger partial charge in [0.1, 0.15) is 11.5 Å². The molecule has 4 rings (SSSR count). The molecule has 1 aromatic heterocycles. The van der Waals surface area contributed by atoms with E-state index in [0.717, 1.165) is 16.8 Å². The van der Waals surface area contributed by atoms with Gasteiger partial charge in [-0.3, -0.25) is 4.79 Å². The summed E-state index contributed by atoms with van der Waals surface area (Å²) < 4.78 is 47.7. The molecule has 1 atom stereocenters. The number of nitrogens with zero attached hydrogens (tertiary/aromatic N) is 2. The van der Waals surface area contributed by atoms with E-state index < -0.39 is 21.8 Å². The number of benzene rings is 2. The van der Waals surface area contributed by atoms with Crippen molar-refractivity contribution in [1.29, 1.82) is 0 Å². The second-order valence-corrected chi connectivity index (χ2v) is 10.7. The van der Waals surface area contributed by atoms with Gasteiger partial charge in [0.2, 0.25) is 15.9 Å². The first-order chi connectivity index (χ1) is 16.7. The van der Waals surface area contributed by atoms with E-state index in [1.165, 1.54) is 22.5 Å². The summed E-state index contributed by atoms with van der Waals surface area (Å²) in [7, 11) is -4.00. The van der Waals surface area contributed by atoms with Crippen molar-refractivity contribution in [3.63, 3.8) is 0 Å². The third kappa shape index (κ3) is 5.36. The monoisotopic (exact) mass is 497 g/mol. The summed E-state index contributed by atoms with van der Waals surface area (Å²) >= 11 is 0. The van der Waals surface area contributed by atoms with Crippen LogP contribution in [0.15, 0.2) is 51.9 Å². The quantitative estimate of drug-likeness (QED) is 0.520. The van der Waals surface area contributed by atoms with Crippen molar-refractivity contribution in [3.8, 4) is 0 Å². The highest BCUT2D eigenvalue weighted by molar-refractivity contribution is 7.89. The van der Waals surface area contributed by atoms with Crippen LogP contribution in [0, 0.1) is 32.5 Å². The number of rotatable bonds is 6. The molecule has 1 amide bonds. The summed E-state index contributed by atoms with van der Waals surface area (Å²) in [6, 6.07) is 12.0. The lowest BCUT2D eigenvalue weighted by Gasteiger charge is -2.31. The summed E-state index contributed by atoms with van der Waals surface area (Å²) in [6.07, 6.45) is 3.99. The number of carbonyl (C=O) groups is 1. The second-order valence-electron chi connectivity index (χ2n) is 8.83. The number of hydrogen-bond donors (Lipinski definition) is 1. The van der Waals surface area contributed by atoms with Crippen molar-refractivity contribution < 1.29 is 22.1 Å². The van der Waals surface area contributed by atoms with Gasteiger partial charge in [0.25, 0.3) is 0 Å². The lowest BCUT2D eigenvalue weighted by molar-refractivity contribution is -0.120. The first kappa shape index (κ1) is 24.8. The molecule has 0 aliphatic carbocycles. The predicted octanol–water partition coefficient (Wildman–Crippen LogP) is 4.95. The number of carbonyl (C=O) groups excluding carboxylic acids is 1. The predicted molar refractivity (Wildman–Crippen MR) is 133 cm³/mol. The molecule has 1 aliphatic rings. The molecule has 1 saturated heterocycles. The van der Waals surface area contributed by atoms with Gasteiger partial charge in [-0.2, -0.15) is 4.31 Å². The van der Waals surface area contributed by atoms with Gasteiger partial charge in [0.05, 0.1) is 5.92 Å². The molecule has 0 spiro atoms. The van der Waals surface area contributed by atoms with Crippen LogP contribution in [-0.2, 0) is 14.8 Å². The Labute approximate surface area is 204 Å². The average Bonchev–Trinajstić information content (AvgIpc) is 3.22. The smallest absolute Gasteiger partial charge is 0.248 e. The van der Waals surface area contributed by atoms with Crippen LogP contribution in [-0.4, -0.2) is 36.9 Å². The lowest BCUT2D eigenvalue weighted by Crippen LogP contribution is -2.44. The van der Waals surface area contributed by atoms with Crippen LogP contribution >= 0.6 is 0 Å². The number of aryl methyl sites for hydroxylation is 3.